The highest BCUT2D eigenvalue weighted by Gasteiger charge is 2.27. The lowest BCUT2D eigenvalue weighted by Crippen LogP contribution is -2.40. The fourth-order valence-electron chi connectivity index (χ4n) is 3.17. The number of amides is 1. The summed E-state index contributed by atoms with van der Waals surface area (Å²) < 4.78 is 5.45. The number of methoxy groups -OCH3 is 1. The van der Waals surface area contributed by atoms with Gasteiger partial charge in [-0.3, -0.25) is 9.69 Å². The van der Waals surface area contributed by atoms with E-state index in [1.807, 2.05) is 18.2 Å². The molecule has 1 aromatic rings. The van der Waals surface area contributed by atoms with Crippen LogP contribution in [0.1, 0.15) is 30.9 Å². The number of nitrogens with zero attached hydrogens (tertiary/aromatic N) is 1. The minimum atomic E-state index is -0.200. The van der Waals surface area contributed by atoms with E-state index in [9.17, 15) is 4.79 Å². The maximum Gasteiger partial charge on any atom is 0.217 e. The molecule has 2 rings (SSSR count). The van der Waals surface area contributed by atoms with Crippen LogP contribution in [0.3, 0.4) is 0 Å². The lowest BCUT2D eigenvalue weighted by atomic mass is 9.91. The van der Waals surface area contributed by atoms with Crippen molar-refractivity contribution < 1.29 is 9.53 Å². The predicted molar refractivity (Wildman–Crippen MR) is 82.9 cm³/mol. The molecule has 1 unspecified atom stereocenters. The quantitative estimate of drug-likeness (QED) is 0.827. The summed E-state index contributed by atoms with van der Waals surface area (Å²) in [7, 11) is 1.69. The third-order valence-corrected chi connectivity index (χ3v) is 4.30. The first-order valence-electron chi connectivity index (χ1n) is 7.51. The Morgan fingerprint density at radius 2 is 2.05 bits per heavy atom. The van der Waals surface area contributed by atoms with Crippen LogP contribution in [-0.4, -0.2) is 37.6 Å². The highest BCUT2D eigenvalue weighted by atomic mass is 16.5. The van der Waals surface area contributed by atoms with Gasteiger partial charge < -0.3 is 16.2 Å². The normalized spacial score (nSPS) is 18.4. The van der Waals surface area contributed by atoms with Crippen molar-refractivity contribution in [2.24, 2.45) is 17.4 Å². The number of benzene rings is 1. The summed E-state index contributed by atoms with van der Waals surface area (Å²) in [4.78, 5) is 13.4. The maximum absolute atomic E-state index is 11.0. The molecule has 0 aromatic heterocycles. The van der Waals surface area contributed by atoms with Gasteiger partial charge in [-0.15, -0.1) is 0 Å². The molecular weight excluding hydrogens is 266 g/mol. The van der Waals surface area contributed by atoms with E-state index in [0.29, 0.717) is 18.9 Å². The molecule has 0 radical (unpaired) electrons. The first kappa shape index (κ1) is 15.8. The molecule has 0 aliphatic carbocycles. The Morgan fingerprint density at radius 1 is 1.38 bits per heavy atom. The van der Waals surface area contributed by atoms with Crippen molar-refractivity contribution in [3.8, 4) is 5.75 Å². The molecule has 0 spiro atoms. The summed E-state index contributed by atoms with van der Waals surface area (Å²) in [6, 6.07) is 8.19. The van der Waals surface area contributed by atoms with E-state index in [1.54, 1.807) is 7.11 Å². The van der Waals surface area contributed by atoms with Crippen LogP contribution in [0.15, 0.2) is 24.3 Å². The van der Waals surface area contributed by atoms with Crippen LogP contribution in [0.2, 0.25) is 0 Å². The molecule has 0 bridgehead atoms. The summed E-state index contributed by atoms with van der Waals surface area (Å²) in [6.45, 7) is 2.44. The molecule has 116 valence electrons. The van der Waals surface area contributed by atoms with Crippen LogP contribution in [0.5, 0.6) is 5.75 Å². The number of ether oxygens (including phenoxy) is 1. The molecule has 4 N–H and O–H groups in total. The smallest absolute Gasteiger partial charge is 0.217 e. The van der Waals surface area contributed by atoms with Crippen molar-refractivity contribution >= 4 is 5.91 Å². The van der Waals surface area contributed by atoms with E-state index in [4.69, 9.17) is 16.2 Å². The molecule has 1 fully saturated rings. The van der Waals surface area contributed by atoms with Gasteiger partial charge in [-0.1, -0.05) is 18.2 Å². The third-order valence-electron chi connectivity index (χ3n) is 4.30. The summed E-state index contributed by atoms with van der Waals surface area (Å²) in [5.41, 5.74) is 12.4. The molecule has 1 aliphatic heterocycles. The van der Waals surface area contributed by atoms with Crippen molar-refractivity contribution in [3.05, 3.63) is 29.8 Å². The summed E-state index contributed by atoms with van der Waals surface area (Å²) in [5, 5.41) is 0. The second kappa shape index (κ2) is 7.43. The Bertz CT molecular complexity index is 470. The molecule has 21 heavy (non-hydrogen) atoms. The SMILES string of the molecule is COc1ccccc1C(CN)N1CCC(CC(N)=O)CC1. The van der Waals surface area contributed by atoms with Crippen molar-refractivity contribution in [3.63, 3.8) is 0 Å². The van der Waals surface area contributed by atoms with Crippen LogP contribution in [0, 0.1) is 5.92 Å². The second-order valence-corrected chi connectivity index (χ2v) is 5.64. The van der Waals surface area contributed by atoms with Gasteiger partial charge in [0, 0.05) is 18.5 Å². The Balaban J connectivity index is 2.04. The Kier molecular flexibility index (Phi) is 5.59. The molecule has 5 heteroatoms. The van der Waals surface area contributed by atoms with Crippen molar-refractivity contribution in [2.45, 2.75) is 25.3 Å². The molecule has 1 atom stereocenters. The topological polar surface area (TPSA) is 81.6 Å². The van der Waals surface area contributed by atoms with Gasteiger partial charge >= 0.3 is 0 Å². The van der Waals surface area contributed by atoms with Crippen LogP contribution in [0.25, 0.3) is 0 Å². The number of hydrogen-bond acceptors (Lipinski definition) is 4. The number of likely N-dealkylation sites (tertiary alicyclic amines) is 1. The lowest BCUT2D eigenvalue weighted by Gasteiger charge is -2.37. The molecule has 1 amide bonds. The highest BCUT2D eigenvalue weighted by molar-refractivity contribution is 5.73. The van der Waals surface area contributed by atoms with Crippen LogP contribution >= 0.6 is 0 Å². The molecule has 1 aliphatic rings. The van der Waals surface area contributed by atoms with Crippen molar-refractivity contribution in [2.75, 3.05) is 26.7 Å². The number of primary amides is 1. The fraction of sp³-hybridized carbons (Fsp3) is 0.562. The number of carbonyl (C=O) groups is 1. The van der Waals surface area contributed by atoms with E-state index >= 15 is 0 Å². The zero-order valence-electron chi connectivity index (χ0n) is 12.6. The van der Waals surface area contributed by atoms with Crippen LogP contribution < -0.4 is 16.2 Å². The van der Waals surface area contributed by atoms with Gasteiger partial charge in [0.15, 0.2) is 0 Å². The van der Waals surface area contributed by atoms with E-state index < -0.39 is 0 Å². The number of para-hydroxylation sites is 1. The summed E-state index contributed by atoms with van der Waals surface area (Å²) >= 11 is 0. The second-order valence-electron chi connectivity index (χ2n) is 5.64. The largest absolute Gasteiger partial charge is 0.496 e. The first-order chi connectivity index (χ1) is 10.2. The number of carbonyl (C=O) groups excluding carboxylic acids is 1. The van der Waals surface area contributed by atoms with Crippen LogP contribution in [0.4, 0.5) is 0 Å². The summed E-state index contributed by atoms with van der Waals surface area (Å²) in [6.07, 6.45) is 2.49. The van der Waals surface area contributed by atoms with E-state index in [2.05, 4.69) is 11.0 Å². The minimum Gasteiger partial charge on any atom is -0.496 e. The van der Waals surface area contributed by atoms with E-state index in [0.717, 1.165) is 37.2 Å². The molecule has 5 nitrogen and oxygen atoms in total. The maximum atomic E-state index is 11.0. The number of nitrogens with two attached hydrogens (primary N) is 2. The average Bonchev–Trinajstić information content (AvgIpc) is 2.49. The molecule has 0 saturated carbocycles. The number of piperidine rings is 1. The van der Waals surface area contributed by atoms with E-state index in [-0.39, 0.29) is 11.9 Å². The van der Waals surface area contributed by atoms with Crippen molar-refractivity contribution in [1.82, 2.24) is 4.90 Å². The fourth-order valence-corrected chi connectivity index (χ4v) is 3.17. The standard InChI is InChI=1S/C16H25N3O2/c1-21-15-5-3-2-4-13(15)14(11-17)19-8-6-12(7-9-19)10-16(18)20/h2-5,12,14H,6-11,17H2,1H3,(H2,18,20). The third kappa shape index (κ3) is 3.95. The van der Waals surface area contributed by atoms with Gasteiger partial charge in [-0.2, -0.15) is 0 Å². The van der Waals surface area contributed by atoms with Gasteiger partial charge in [0.05, 0.1) is 13.2 Å². The highest BCUT2D eigenvalue weighted by Crippen LogP contribution is 2.32. The predicted octanol–water partition coefficient (Wildman–Crippen LogP) is 1.28. The van der Waals surface area contributed by atoms with E-state index in [1.165, 1.54) is 0 Å². The van der Waals surface area contributed by atoms with Gasteiger partial charge in [0.25, 0.3) is 0 Å². The van der Waals surface area contributed by atoms with Gasteiger partial charge in [0.1, 0.15) is 5.75 Å². The zero-order valence-corrected chi connectivity index (χ0v) is 12.6. The first-order valence-corrected chi connectivity index (χ1v) is 7.51. The van der Waals surface area contributed by atoms with Gasteiger partial charge in [-0.25, -0.2) is 0 Å². The summed E-state index contributed by atoms with van der Waals surface area (Å²) in [5.74, 6) is 1.09. The number of rotatable bonds is 6. The lowest BCUT2D eigenvalue weighted by molar-refractivity contribution is -0.119. The molecule has 1 aromatic carbocycles. The molecule has 1 saturated heterocycles. The minimum absolute atomic E-state index is 0.163. The average molecular weight is 291 g/mol. The van der Waals surface area contributed by atoms with Gasteiger partial charge in [-0.05, 0) is 37.9 Å². The zero-order chi connectivity index (χ0) is 15.2. The van der Waals surface area contributed by atoms with Crippen LogP contribution in [-0.2, 0) is 4.79 Å². The van der Waals surface area contributed by atoms with Gasteiger partial charge in [0.2, 0.25) is 5.91 Å². The molecular formula is C16H25N3O2. The van der Waals surface area contributed by atoms with Crippen molar-refractivity contribution in [1.29, 1.82) is 0 Å². The molecule has 1 heterocycles. The monoisotopic (exact) mass is 291 g/mol. The Hall–Kier alpha value is -1.59. The Morgan fingerprint density at radius 3 is 2.62 bits per heavy atom. The number of hydrogen-bond donors (Lipinski definition) is 2. The Labute approximate surface area is 126 Å².